The van der Waals surface area contributed by atoms with Crippen molar-refractivity contribution < 1.29 is 44.0 Å². The molecule has 5 atom stereocenters. The molecule has 0 bridgehead atoms. The Morgan fingerprint density at radius 1 is 0.636 bits per heavy atom. The number of aldehydes is 2. The Morgan fingerprint density at radius 3 is 1.64 bits per heavy atom. The molecule has 0 aromatic carbocycles. The highest BCUT2D eigenvalue weighted by Gasteiger charge is 2.40. The van der Waals surface area contributed by atoms with Crippen molar-refractivity contribution in [3.8, 4) is 0 Å². The van der Waals surface area contributed by atoms with Gasteiger partial charge in [0.2, 0.25) is 0 Å². The van der Waals surface area contributed by atoms with Crippen molar-refractivity contribution >= 4 is 107 Å². The largest absolute Gasteiger partial charge is 0.460 e. The number of Topliss-reactive ketones (excluding diaryl/α,β-unsaturated/α-hetero) is 2. The summed E-state index contributed by atoms with van der Waals surface area (Å²) in [6.07, 6.45) is 30.1. The van der Waals surface area contributed by atoms with Gasteiger partial charge in [-0.05, 0) is 249 Å². The van der Waals surface area contributed by atoms with Gasteiger partial charge in [-0.1, -0.05) is 32.9 Å². The maximum absolute atomic E-state index is 10.8. The fourth-order valence-electron chi connectivity index (χ4n) is 9.48. The summed E-state index contributed by atoms with van der Waals surface area (Å²) in [6.45, 7) is 14.1. The Balaban J connectivity index is 0.000000450. The zero-order chi connectivity index (χ0) is 56.1. The van der Waals surface area contributed by atoms with E-state index in [1.807, 2.05) is 64.2 Å². The normalized spacial score (nSPS) is 26.9. The summed E-state index contributed by atoms with van der Waals surface area (Å²) in [5, 5.41) is 31.1. The molecule has 10 nitrogen and oxygen atoms in total. The lowest BCUT2D eigenvalue weighted by Gasteiger charge is -2.40. The summed E-state index contributed by atoms with van der Waals surface area (Å²) in [5.41, 5.74) is 7.80. The number of aliphatic hydroxyl groups is 3. The molecule has 9 aliphatic rings. The van der Waals surface area contributed by atoms with E-state index in [1.165, 1.54) is 89.3 Å². The van der Waals surface area contributed by atoms with Gasteiger partial charge in [0, 0.05) is 30.9 Å². The lowest BCUT2D eigenvalue weighted by Crippen LogP contribution is -2.42. The van der Waals surface area contributed by atoms with Crippen LogP contribution in [0, 0.1) is 5.92 Å². The van der Waals surface area contributed by atoms with Gasteiger partial charge in [-0.2, -0.15) is 23.5 Å². The Kier molecular flexibility index (Phi) is 42.1. The average Bonchev–Trinajstić information content (AvgIpc) is 3.45. The summed E-state index contributed by atoms with van der Waals surface area (Å²) in [6, 6.07) is 0. The third-order valence-electron chi connectivity index (χ3n) is 14.9. The predicted molar refractivity (Wildman–Crippen MR) is 340 cm³/mol. The number of carbonyl (C=O) groups excluding carboxylic acids is 5. The van der Waals surface area contributed by atoms with E-state index in [-0.39, 0.29) is 25.7 Å². The fraction of sp³-hybridized carbons (Fsp3) is 0.738. The number of hydrogen-bond donors (Lipinski definition) is 3. The number of allylic oxidation sites excluding steroid dienone is 5. The number of aliphatic imine (C=N–C) groups is 1. The lowest BCUT2D eigenvalue weighted by atomic mass is 9.85. The number of ketones is 2. The molecule has 440 valence electrons. The van der Waals surface area contributed by atoms with Crippen LogP contribution in [0.4, 0.5) is 0 Å². The first kappa shape index (κ1) is 73.5. The van der Waals surface area contributed by atoms with Crippen LogP contribution in [0.2, 0.25) is 0 Å². The molecule has 5 unspecified atom stereocenters. The summed E-state index contributed by atoms with van der Waals surface area (Å²) >= 11 is 12.1. The van der Waals surface area contributed by atoms with Crippen LogP contribution in [-0.4, -0.2) is 132 Å². The van der Waals surface area contributed by atoms with Gasteiger partial charge in [-0.25, -0.2) is 0 Å². The highest BCUT2D eigenvalue weighted by Crippen LogP contribution is 2.46. The zero-order valence-corrected chi connectivity index (χ0v) is 52.5. The molecule has 3 aliphatic heterocycles. The molecule has 0 radical (unpaired) electrons. The van der Waals surface area contributed by atoms with Crippen LogP contribution in [0.5, 0.6) is 0 Å². The smallest absolute Gasteiger partial charge is 0.293 e. The Bertz CT molecular complexity index is 1900. The van der Waals surface area contributed by atoms with Crippen molar-refractivity contribution in [1.82, 2.24) is 0 Å². The van der Waals surface area contributed by atoms with E-state index in [2.05, 4.69) is 72.0 Å². The Labute approximate surface area is 492 Å². The van der Waals surface area contributed by atoms with Gasteiger partial charge in [0.25, 0.3) is 6.47 Å². The molecule has 3 saturated heterocycles. The minimum Gasteiger partial charge on any atom is -0.460 e. The first-order chi connectivity index (χ1) is 36.6. The Hall–Kier alpha value is -1.50. The number of nitrogens with zero attached hydrogens (tertiary/aromatic N) is 1. The van der Waals surface area contributed by atoms with Gasteiger partial charge in [0.05, 0.1) is 21.4 Å². The molecular weight excluding hydrogens is 1080 g/mol. The molecule has 6 aliphatic carbocycles. The standard InChI is InChI=1S/2C11H18OS2.C9H12O3.C8H12O2.C7H12O.C7H10O.C4H8S2.C3H7N.CH4/c1-8-9(4-2-5-10(8)12)11-13-6-3-7-14-11;1-9-5-2-3-6-11(9,12)10-13-7-4-8-14-10;1-7-8(5-10)3-2-4-9(7)12-6-11;1-6-7(5-9)3-2-4-8(6)10;2*1-6-4-2-3-5-7(6)8;1-2-5-4-6-3-1;1-3-4-2;/h10-12H,2-7H2,1H3;5,10,12H,2-4,6-8H2,1H3;5-6,9H,2-4H2,1H3;5,8,10H,2-4H2,1H3;6H,2-5H2,1H3;4H,2-3,5H2,1H3;1-4H2;3H,1-2H3;1H4. The SMILES string of the molecule is C.C1CSCSC1.CC1=C(C2SCCCS2)CCCC1O.CC1=C(C=O)CCCC1O.CC1=C(C=O)CCCC1OC=O.CC1=CCCCC1(O)C1SCCCS1.CC1=CCCCC1=O.CC1CCCCC1=O.CC=NC. The van der Waals surface area contributed by atoms with Crippen LogP contribution in [0.15, 0.2) is 61.7 Å². The number of aliphatic hydroxyl groups excluding tert-OH is 2. The summed E-state index contributed by atoms with van der Waals surface area (Å²) < 4.78 is 5.86. The number of rotatable bonds is 6. The number of carbonyl (C=O) groups is 5. The Morgan fingerprint density at radius 2 is 1.18 bits per heavy atom. The molecular formula is C61H101NO9S6. The molecule has 77 heavy (non-hydrogen) atoms. The maximum Gasteiger partial charge on any atom is 0.293 e. The predicted octanol–water partition coefficient (Wildman–Crippen LogP) is 15.0. The van der Waals surface area contributed by atoms with Crippen molar-refractivity contribution in [2.24, 2.45) is 10.9 Å². The zero-order valence-electron chi connectivity index (χ0n) is 47.6. The van der Waals surface area contributed by atoms with Crippen LogP contribution < -0.4 is 0 Å². The van der Waals surface area contributed by atoms with Crippen molar-refractivity contribution in [2.75, 3.05) is 46.6 Å². The van der Waals surface area contributed by atoms with Crippen molar-refractivity contribution in [3.05, 3.63) is 56.7 Å². The van der Waals surface area contributed by atoms with E-state index in [9.17, 15) is 39.3 Å². The van der Waals surface area contributed by atoms with E-state index >= 15 is 0 Å². The summed E-state index contributed by atoms with van der Waals surface area (Å²) in [4.78, 5) is 56.1. The average molecular weight is 1180 g/mol. The van der Waals surface area contributed by atoms with Gasteiger partial charge in [0.1, 0.15) is 30.1 Å². The maximum atomic E-state index is 10.8. The second kappa shape index (κ2) is 44.1. The van der Waals surface area contributed by atoms with E-state index in [1.54, 1.807) is 18.8 Å². The van der Waals surface area contributed by atoms with E-state index in [0.29, 0.717) is 33.1 Å². The van der Waals surface area contributed by atoms with Crippen LogP contribution in [0.25, 0.3) is 0 Å². The first-order valence-electron chi connectivity index (χ1n) is 28.1. The van der Waals surface area contributed by atoms with Crippen molar-refractivity contribution in [3.63, 3.8) is 0 Å². The van der Waals surface area contributed by atoms with Gasteiger partial charge >= 0.3 is 0 Å². The van der Waals surface area contributed by atoms with Crippen molar-refractivity contribution in [1.29, 1.82) is 0 Å². The minimum absolute atomic E-state index is 0. The fourth-order valence-corrected chi connectivity index (χ4v) is 18.3. The first-order valence-corrected chi connectivity index (χ1v) is 34.7. The topological polar surface area (TPSA) is 168 Å². The van der Waals surface area contributed by atoms with Gasteiger partial charge in [-0.3, -0.25) is 24.0 Å². The van der Waals surface area contributed by atoms with E-state index < -0.39 is 5.60 Å². The molecule has 3 heterocycles. The molecule has 4 fully saturated rings. The summed E-state index contributed by atoms with van der Waals surface area (Å²) in [7, 11) is 1.75. The molecule has 3 N–H and O–H groups in total. The third kappa shape index (κ3) is 28.9. The molecule has 1 saturated carbocycles. The molecule has 0 amide bonds. The van der Waals surface area contributed by atoms with Crippen LogP contribution in [0.1, 0.15) is 197 Å². The van der Waals surface area contributed by atoms with Gasteiger partial charge in [-0.15, -0.1) is 47.0 Å². The molecule has 16 heteroatoms. The van der Waals surface area contributed by atoms with Crippen LogP contribution in [0.3, 0.4) is 0 Å². The highest BCUT2D eigenvalue weighted by molar-refractivity contribution is 8.18. The third-order valence-corrected chi connectivity index (χ3v) is 23.6. The van der Waals surface area contributed by atoms with E-state index in [4.69, 9.17) is 4.74 Å². The molecule has 0 spiro atoms. The molecule has 0 aromatic rings. The minimum atomic E-state index is -0.506. The van der Waals surface area contributed by atoms with Crippen LogP contribution >= 0.6 is 70.6 Å². The number of ether oxygens (including phenoxy) is 1. The second-order valence-corrected chi connectivity index (χ2v) is 28.5. The van der Waals surface area contributed by atoms with E-state index in [0.717, 1.165) is 143 Å². The molecule has 9 rings (SSSR count). The monoisotopic (exact) mass is 1180 g/mol. The summed E-state index contributed by atoms with van der Waals surface area (Å²) in [5.74, 6) is 8.98. The highest BCUT2D eigenvalue weighted by atomic mass is 32.2. The van der Waals surface area contributed by atoms with Gasteiger partial charge in [0.15, 0.2) is 5.78 Å². The van der Waals surface area contributed by atoms with Crippen LogP contribution in [-0.2, 0) is 28.7 Å². The number of thioether (sulfide) groups is 6. The quantitative estimate of drug-likeness (QED) is 0.130. The number of hydrogen-bond acceptors (Lipinski definition) is 16. The van der Waals surface area contributed by atoms with Crippen molar-refractivity contribution in [2.45, 2.75) is 230 Å². The lowest BCUT2D eigenvalue weighted by molar-refractivity contribution is -0.132. The van der Waals surface area contributed by atoms with Gasteiger partial charge < -0.3 is 25.0 Å². The molecule has 0 aromatic heterocycles. The second-order valence-electron chi connectivity index (χ2n) is 20.5.